The zero-order valence-electron chi connectivity index (χ0n) is 10.8. The second-order valence-corrected chi connectivity index (χ2v) is 5.62. The van der Waals surface area contributed by atoms with E-state index in [1.54, 1.807) is 0 Å². The maximum Gasteiger partial charge on any atom is 0.338 e. The highest BCUT2D eigenvalue weighted by atomic mass is 16.6. The summed E-state index contributed by atoms with van der Waals surface area (Å²) in [4.78, 5) is 11.9. The van der Waals surface area contributed by atoms with Crippen molar-refractivity contribution in [3.05, 3.63) is 29.3 Å². The van der Waals surface area contributed by atoms with Crippen LogP contribution in [0.5, 0.6) is 0 Å². The van der Waals surface area contributed by atoms with E-state index in [1.807, 2.05) is 39.0 Å². The van der Waals surface area contributed by atoms with Crippen molar-refractivity contribution >= 4 is 11.7 Å². The molecule has 0 saturated carbocycles. The van der Waals surface area contributed by atoms with E-state index in [1.165, 1.54) is 5.56 Å². The molecule has 3 nitrogen and oxygen atoms in total. The van der Waals surface area contributed by atoms with Gasteiger partial charge in [0.05, 0.1) is 5.56 Å². The molecule has 0 saturated heterocycles. The summed E-state index contributed by atoms with van der Waals surface area (Å²) in [6.45, 7) is 7.76. The molecule has 0 radical (unpaired) electrons. The van der Waals surface area contributed by atoms with Crippen LogP contribution in [-0.2, 0) is 11.2 Å². The monoisotopic (exact) mass is 233 g/mol. The van der Waals surface area contributed by atoms with E-state index in [9.17, 15) is 4.79 Å². The van der Waals surface area contributed by atoms with Gasteiger partial charge in [-0.05, 0) is 57.9 Å². The smallest absolute Gasteiger partial charge is 0.338 e. The van der Waals surface area contributed by atoms with Crippen LogP contribution in [0.4, 0.5) is 5.69 Å². The first kappa shape index (κ1) is 12.0. The van der Waals surface area contributed by atoms with Crippen LogP contribution in [0.3, 0.4) is 0 Å². The summed E-state index contributed by atoms with van der Waals surface area (Å²) in [7, 11) is 0. The highest BCUT2D eigenvalue weighted by Crippen LogP contribution is 2.27. The van der Waals surface area contributed by atoms with Crippen LogP contribution in [0.2, 0.25) is 0 Å². The highest BCUT2D eigenvalue weighted by Gasteiger charge is 2.21. The first-order valence-electron chi connectivity index (χ1n) is 5.98. The molecular formula is C14H19NO2. The molecule has 1 aromatic carbocycles. The lowest BCUT2D eigenvalue weighted by Gasteiger charge is -2.19. The molecule has 0 bridgehead atoms. The van der Waals surface area contributed by atoms with Crippen molar-refractivity contribution in [1.29, 1.82) is 0 Å². The molecule has 2 rings (SSSR count). The minimum Gasteiger partial charge on any atom is -0.456 e. The Morgan fingerprint density at radius 1 is 1.41 bits per heavy atom. The van der Waals surface area contributed by atoms with Crippen molar-refractivity contribution in [3.8, 4) is 0 Å². The van der Waals surface area contributed by atoms with Gasteiger partial charge >= 0.3 is 5.97 Å². The van der Waals surface area contributed by atoms with Gasteiger partial charge in [0.15, 0.2) is 0 Å². The third-order valence-electron chi connectivity index (χ3n) is 2.67. The zero-order valence-corrected chi connectivity index (χ0v) is 10.8. The van der Waals surface area contributed by atoms with Crippen LogP contribution in [0.15, 0.2) is 18.2 Å². The number of fused-ring (bicyclic) bond motifs is 1. The van der Waals surface area contributed by atoms with Gasteiger partial charge in [0, 0.05) is 11.7 Å². The third kappa shape index (κ3) is 2.78. The average molecular weight is 233 g/mol. The van der Waals surface area contributed by atoms with Crippen molar-refractivity contribution in [3.63, 3.8) is 0 Å². The number of carbonyl (C=O) groups is 1. The Hall–Kier alpha value is -1.51. The van der Waals surface area contributed by atoms with Crippen LogP contribution < -0.4 is 5.32 Å². The van der Waals surface area contributed by atoms with Crippen molar-refractivity contribution in [2.45, 2.75) is 45.8 Å². The largest absolute Gasteiger partial charge is 0.456 e. The molecule has 0 spiro atoms. The summed E-state index contributed by atoms with van der Waals surface area (Å²) in [6.07, 6.45) is 0.964. The van der Waals surface area contributed by atoms with E-state index in [0.29, 0.717) is 11.6 Å². The number of esters is 1. The predicted molar refractivity (Wildman–Crippen MR) is 68.4 cm³/mol. The van der Waals surface area contributed by atoms with E-state index in [4.69, 9.17) is 4.74 Å². The van der Waals surface area contributed by atoms with Crippen LogP contribution >= 0.6 is 0 Å². The van der Waals surface area contributed by atoms with Gasteiger partial charge in [-0.2, -0.15) is 0 Å². The summed E-state index contributed by atoms with van der Waals surface area (Å²) < 4.78 is 5.35. The Kier molecular flexibility index (Phi) is 2.86. The molecule has 17 heavy (non-hydrogen) atoms. The second-order valence-electron chi connectivity index (χ2n) is 5.62. The van der Waals surface area contributed by atoms with Gasteiger partial charge in [-0.3, -0.25) is 0 Å². The lowest BCUT2D eigenvalue weighted by Crippen LogP contribution is -2.23. The van der Waals surface area contributed by atoms with E-state index in [2.05, 4.69) is 12.2 Å². The fraction of sp³-hybridized carbons (Fsp3) is 0.500. The molecule has 0 fully saturated rings. The Morgan fingerprint density at radius 3 is 2.76 bits per heavy atom. The standard InChI is InChI=1S/C14H19NO2/c1-9-7-11-8-10(5-6-12(11)15-9)13(16)17-14(2,3)4/h5-6,8-9,15H,7H2,1-4H3/t9-/m1/s1. The van der Waals surface area contributed by atoms with E-state index >= 15 is 0 Å². The van der Waals surface area contributed by atoms with Gasteiger partial charge in [-0.15, -0.1) is 0 Å². The molecule has 0 unspecified atom stereocenters. The Labute approximate surface area is 102 Å². The van der Waals surface area contributed by atoms with Gasteiger partial charge in [0.1, 0.15) is 5.60 Å². The molecule has 1 aliphatic heterocycles. The van der Waals surface area contributed by atoms with Crippen molar-refractivity contribution in [2.24, 2.45) is 0 Å². The van der Waals surface area contributed by atoms with Crippen LogP contribution in [-0.4, -0.2) is 17.6 Å². The molecule has 1 atom stereocenters. The third-order valence-corrected chi connectivity index (χ3v) is 2.67. The maximum atomic E-state index is 11.9. The number of anilines is 1. The lowest BCUT2D eigenvalue weighted by molar-refractivity contribution is 0.00695. The van der Waals surface area contributed by atoms with Gasteiger partial charge in [-0.25, -0.2) is 4.79 Å². The van der Waals surface area contributed by atoms with Crippen molar-refractivity contribution < 1.29 is 9.53 Å². The fourth-order valence-corrected chi connectivity index (χ4v) is 2.01. The second kappa shape index (κ2) is 4.06. The minimum absolute atomic E-state index is 0.250. The van der Waals surface area contributed by atoms with Gasteiger partial charge in [0.25, 0.3) is 0 Å². The van der Waals surface area contributed by atoms with Crippen molar-refractivity contribution in [1.82, 2.24) is 0 Å². The maximum absolute atomic E-state index is 11.9. The fourth-order valence-electron chi connectivity index (χ4n) is 2.01. The first-order valence-corrected chi connectivity index (χ1v) is 5.98. The Bertz CT molecular complexity index is 446. The molecule has 3 heteroatoms. The molecule has 1 N–H and O–H groups in total. The highest BCUT2D eigenvalue weighted by molar-refractivity contribution is 5.90. The van der Waals surface area contributed by atoms with Crippen LogP contribution in [0.25, 0.3) is 0 Å². The number of hydrogen-bond donors (Lipinski definition) is 1. The van der Waals surface area contributed by atoms with E-state index in [-0.39, 0.29) is 5.97 Å². The van der Waals surface area contributed by atoms with Gasteiger partial charge in [-0.1, -0.05) is 0 Å². The van der Waals surface area contributed by atoms with Gasteiger partial charge < -0.3 is 10.1 Å². The number of nitrogens with one attached hydrogen (secondary N) is 1. The predicted octanol–water partition coefficient (Wildman–Crippen LogP) is 3.00. The normalized spacial score (nSPS) is 18.5. The van der Waals surface area contributed by atoms with E-state index in [0.717, 1.165) is 12.1 Å². The summed E-state index contributed by atoms with van der Waals surface area (Å²) in [5, 5.41) is 3.36. The summed E-state index contributed by atoms with van der Waals surface area (Å²) in [5.74, 6) is -0.250. The van der Waals surface area contributed by atoms with Gasteiger partial charge in [0.2, 0.25) is 0 Å². The van der Waals surface area contributed by atoms with E-state index < -0.39 is 5.60 Å². The molecule has 1 heterocycles. The number of hydrogen-bond acceptors (Lipinski definition) is 3. The van der Waals surface area contributed by atoms with Crippen LogP contribution in [0, 0.1) is 0 Å². The zero-order chi connectivity index (χ0) is 12.6. The average Bonchev–Trinajstić information content (AvgIpc) is 2.53. The quantitative estimate of drug-likeness (QED) is 0.758. The minimum atomic E-state index is -0.443. The lowest BCUT2D eigenvalue weighted by atomic mass is 10.1. The Balaban J connectivity index is 2.19. The summed E-state index contributed by atoms with van der Waals surface area (Å²) in [6, 6.07) is 6.15. The molecule has 0 aliphatic carbocycles. The Morgan fingerprint density at radius 2 is 2.12 bits per heavy atom. The summed E-state index contributed by atoms with van der Waals surface area (Å²) >= 11 is 0. The molecule has 0 aromatic heterocycles. The molecule has 92 valence electrons. The number of carbonyl (C=O) groups excluding carboxylic acids is 1. The summed E-state index contributed by atoms with van der Waals surface area (Å²) in [5.41, 5.74) is 2.52. The number of ether oxygens (including phenoxy) is 1. The van der Waals surface area contributed by atoms with Crippen molar-refractivity contribution in [2.75, 3.05) is 5.32 Å². The number of rotatable bonds is 1. The number of benzene rings is 1. The SMILES string of the molecule is C[C@@H]1Cc2cc(C(=O)OC(C)(C)C)ccc2N1. The molecule has 1 aliphatic rings. The molecule has 0 amide bonds. The topological polar surface area (TPSA) is 38.3 Å². The molecule has 1 aromatic rings. The van der Waals surface area contributed by atoms with Crippen LogP contribution in [0.1, 0.15) is 43.6 Å². The molecular weight excluding hydrogens is 214 g/mol. The first-order chi connectivity index (χ1) is 7.85.